The number of benzene rings is 1. The maximum Gasteiger partial charge on any atom is 0.140 e. The van der Waals surface area contributed by atoms with Crippen molar-refractivity contribution >= 4 is 0 Å². The molecule has 4 heteroatoms. The third-order valence-electron chi connectivity index (χ3n) is 2.26. The molecule has 0 aliphatic carbocycles. The maximum absolute atomic E-state index is 9.18. The molecule has 1 aromatic carbocycles. The van der Waals surface area contributed by atoms with Crippen LogP contribution >= 0.6 is 0 Å². The molecular weight excluding hydrogens is 190 g/mol. The lowest BCUT2D eigenvalue weighted by molar-refractivity contribution is 0.475. The largest absolute Gasteiger partial charge is 0.508 e. The SMILES string of the molecule is Cn1cc(CN)nc1-c1ccc(O)cc1. The first-order valence-electron chi connectivity index (χ1n) is 4.72. The van der Waals surface area contributed by atoms with Crippen molar-refractivity contribution in [1.82, 2.24) is 9.55 Å². The summed E-state index contributed by atoms with van der Waals surface area (Å²) < 4.78 is 1.93. The number of aryl methyl sites for hydroxylation is 1. The average Bonchev–Trinajstić information content (AvgIpc) is 2.61. The van der Waals surface area contributed by atoms with Gasteiger partial charge in [0.2, 0.25) is 0 Å². The topological polar surface area (TPSA) is 64.1 Å². The summed E-state index contributed by atoms with van der Waals surface area (Å²) in [6, 6.07) is 6.95. The van der Waals surface area contributed by atoms with Gasteiger partial charge in [0, 0.05) is 25.4 Å². The Hall–Kier alpha value is -1.81. The summed E-state index contributed by atoms with van der Waals surface area (Å²) in [7, 11) is 1.92. The molecular formula is C11H13N3O. The fraction of sp³-hybridized carbons (Fsp3) is 0.182. The van der Waals surface area contributed by atoms with Gasteiger partial charge >= 0.3 is 0 Å². The number of aromatic nitrogens is 2. The minimum absolute atomic E-state index is 0.256. The van der Waals surface area contributed by atoms with Gasteiger partial charge in [-0.15, -0.1) is 0 Å². The normalized spacial score (nSPS) is 10.5. The van der Waals surface area contributed by atoms with Gasteiger partial charge in [0.05, 0.1) is 5.69 Å². The molecule has 0 atom stereocenters. The summed E-state index contributed by atoms with van der Waals surface area (Å²) in [5, 5.41) is 9.18. The number of imidazole rings is 1. The molecule has 0 aliphatic heterocycles. The summed E-state index contributed by atoms with van der Waals surface area (Å²) in [6.45, 7) is 0.436. The molecule has 1 heterocycles. The van der Waals surface area contributed by atoms with Crippen LogP contribution in [0.15, 0.2) is 30.5 Å². The van der Waals surface area contributed by atoms with Crippen LogP contribution in [0.4, 0.5) is 0 Å². The molecule has 0 radical (unpaired) electrons. The fourth-order valence-electron chi connectivity index (χ4n) is 1.51. The van der Waals surface area contributed by atoms with Crippen LogP contribution in [-0.2, 0) is 13.6 Å². The van der Waals surface area contributed by atoms with Gasteiger partial charge in [-0.1, -0.05) is 0 Å². The number of phenolic OH excluding ortho intramolecular Hbond substituents is 1. The number of hydrogen-bond donors (Lipinski definition) is 2. The second-order valence-corrected chi connectivity index (χ2v) is 3.42. The Morgan fingerprint density at radius 2 is 2.00 bits per heavy atom. The van der Waals surface area contributed by atoms with E-state index in [1.807, 2.05) is 29.9 Å². The van der Waals surface area contributed by atoms with Gasteiger partial charge in [-0.2, -0.15) is 0 Å². The molecule has 78 valence electrons. The smallest absolute Gasteiger partial charge is 0.140 e. The highest BCUT2D eigenvalue weighted by Crippen LogP contribution is 2.20. The number of nitrogens with zero attached hydrogens (tertiary/aromatic N) is 2. The number of aromatic hydroxyl groups is 1. The van der Waals surface area contributed by atoms with Crippen LogP contribution in [0.3, 0.4) is 0 Å². The summed E-state index contributed by atoms with van der Waals surface area (Å²) in [4.78, 5) is 4.38. The van der Waals surface area contributed by atoms with Crippen LogP contribution in [-0.4, -0.2) is 14.7 Å². The van der Waals surface area contributed by atoms with Crippen LogP contribution < -0.4 is 5.73 Å². The van der Waals surface area contributed by atoms with Gasteiger partial charge < -0.3 is 15.4 Å². The summed E-state index contributed by atoms with van der Waals surface area (Å²) in [5.74, 6) is 1.11. The Labute approximate surface area is 88.0 Å². The van der Waals surface area contributed by atoms with E-state index in [0.29, 0.717) is 6.54 Å². The Morgan fingerprint density at radius 3 is 2.53 bits per heavy atom. The Bertz CT molecular complexity index is 459. The van der Waals surface area contributed by atoms with E-state index in [1.165, 1.54) is 0 Å². The van der Waals surface area contributed by atoms with Crippen LogP contribution in [0.1, 0.15) is 5.69 Å². The molecule has 2 rings (SSSR count). The number of phenols is 1. The zero-order valence-electron chi connectivity index (χ0n) is 8.51. The minimum Gasteiger partial charge on any atom is -0.508 e. The summed E-state index contributed by atoms with van der Waals surface area (Å²) in [5.41, 5.74) is 7.35. The first kappa shape index (κ1) is 9.73. The number of nitrogens with two attached hydrogens (primary N) is 1. The van der Waals surface area contributed by atoms with E-state index in [-0.39, 0.29) is 5.75 Å². The molecule has 0 amide bonds. The zero-order valence-corrected chi connectivity index (χ0v) is 8.51. The molecule has 0 saturated carbocycles. The first-order valence-corrected chi connectivity index (χ1v) is 4.72. The molecule has 0 spiro atoms. The van der Waals surface area contributed by atoms with Gasteiger partial charge in [-0.05, 0) is 24.3 Å². The number of hydrogen-bond acceptors (Lipinski definition) is 3. The van der Waals surface area contributed by atoms with Crippen molar-refractivity contribution in [2.24, 2.45) is 12.8 Å². The highest BCUT2D eigenvalue weighted by molar-refractivity contribution is 5.57. The van der Waals surface area contributed by atoms with Crippen molar-refractivity contribution in [3.8, 4) is 17.1 Å². The second kappa shape index (κ2) is 3.74. The van der Waals surface area contributed by atoms with Crippen LogP contribution in [0.25, 0.3) is 11.4 Å². The molecule has 15 heavy (non-hydrogen) atoms. The average molecular weight is 203 g/mol. The Kier molecular flexibility index (Phi) is 2.43. The highest BCUT2D eigenvalue weighted by Gasteiger charge is 2.06. The van der Waals surface area contributed by atoms with Gasteiger partial charge in [0.15, 0.2) is 0 Å². The van der Waals surface area contributed by atoms with E-state index in [1.54, 1.807) is 12.1 Å². The molecule has 2 aromatic rings. The highest BCUT2D eigenvalue weighted by atomic mass is 16.3. The molecule has 0 fully saturated rings. The molecule has 1 aromatic heterocycles. The predicted molar refractivity (Wildman–Crippen MR) is 58.2 cm³/mol. The van der Waals surface area contributed by atoms with Crippen molar-refractivity contribution in [1.29, 1.82) is 0 Å². The van der Waals surface area contributed by atoms with Crippen molar-refractivity contribution in [3.05, 3.63) is 36.2 Å². The summed E-state index contributed by atoms with van der Waals surface area (Å²) in [6.07, 6.45) is 1.90. The quantitative estimate of drug-likeness (QED) is 0.772. The van der Waals surface area contributed by atoms with Gasteiger partial charge in [-0.25, -0.2) is 4.98 Å². The molecule has 0 bridgehead atoms. The van der Waals surface area contributed by atoms with Crippen LogP contribution in [0, 0.1) is 0 Å². The lowest BCUT2D eigenvalue weighted by atomic mass is 10.2. The van der Waals surface area contributed by atoms with Crippen molar-refractivity contribution < 1.29 is 5.11 Å². The van der Waals surface area contributed by atoms with E-state index in [4.69, 9.17) is 5.73 Å². The van der Waals surface area contributed by atoms with E-state index < -0.39 is 0 Å². The van der Waals surface area contributed by atoms with E-state index in [0.717, 1.165) is 17.1 Å². The van der Waals surface area contributed by atoms with E-state index in [9.17, 15) is 5.11 Å². The van der Waals surface area contributed by atoms with Gasteiger partial charge in [-0.3, -0.25) is 0 Å². The molecule has 0 aliphatic rings. The molecule has 4 nitrogen and oxygen atoms in total. The van der Waals surface area contributed by atoms with E-state index >= 15 is 0 Å². The lowest BCUT2D eigenvalue weighted by Crippen LogP contribution is -1.95. The Morgan fingerprint density at radius 1 is 1.33 bits per heavy atom. The maximum atomic E-state index is 9.18. The standard InChI is InChI=1S/C11H13N3O/c1-14-7-9(6-12)13-11(14)8-2-4-10(15)5-3-8/h2-5,7,15H,6,12H2,1H3. The fourth-order valence-corrected chi connectivity index (χ4v) is 1.51. The minimum atomic E-state index is 0.256. The lowest BCUT2D eigenvalue weighted by Gasteiger charge is -2.00. The zero-order chi connectivity index (χ0) is 10.8. The molecule has 0 saturated heterocycles. The summed E-state index contributed by atoms with van der Waals surface area (Å²) >= 11 is 0. The monoisotopic (exact) mass is 203 g/mol. The number of rotatable bonds is 2. The predicted octanol–water partition coefficient (Wildman–Crippen LogP) is 1.25. The van der Waals surface area contributed by atoms with Crippen LogP contribution in [0.5, 0.6) is 5.75 Å². The first-order chi connectivity index (χ1) is 7.20. The second-order valence-electron chi connectivity index (χ2n) is 3.42. The van der Waals surface area contributed by atoms with Crippen molar-refractivity contribution in [3.63, 3.8) is 0 Å². The van der Waals surface area contributed by atoms with E-state index in [2.05, 4.69) is 4.98 Å². The third kappa shape index (κ3) is 1.85. The molecule has 0 unspecified atom stereocenters. The van der Waals surface area contributed by atoms with Gasteiger partial charge in [0.25, 0.3) is 0 Å². The molecule has 3 N–H and O–H groups in total. The third-order valence-corrected chi connectivity index (χ3v) is 2.26. The van der Waals surface area contributed by atoms with Crippen LogP contribution in [0.2, 0.25) is 0 Å². The van der Waals surface area contributed by atoms with Crippen molar-refractivity contribution in [2.45, 2.75) is 6.54 Å². The Balaban J connectivity index is 2.44. The van der Waals surface area contributed by atoms with Gasteiger partial charge in [0.1, 0.15) is 11.6 Å². The van der Waals surface area contributed by atoms with Crippen molar-refractivity contribution in [2.75, 3.05) is 0 Å².